The summed E-state index contributed by atoms with van der Waals surface area (Å²) < 4.78 is 30.6. The average molecular weight is 533 g/mol. The molecular formula is C23H28N6O5S2. The maximum absolute atomic E-state index is 11.4. The second kappa shape index (κ2) is 9.45. The Labute approximate surface area is 213 Å². The number of hydrogen-bond donors (Lipinski definition) is 2. The first-order chi connectivity index (χ1) is 17.1. The molecule has 0 atom stereocenters. The molecule has 5 rings (SSSR count). The number of ether oxygens (including phenoxy) is 1. The summed E-state index contributed by atoms with van der Waals surface area (Å²) in [7, 11) is -2.96. The Bertz CT molecular complexity index is 1410. The third kappa shape index (κ3) is 5.08. The van der Waals surface area contributed by atoms with Crippen LogP contribution in [-0.2, 0) is 16.3 Å². The second-order valence-corrected chi connectivity index (χ2v) is 12.8. The predicted octanol–water partition coefficient (Wildman–Crippen LogP) is 3.12. The Hall–Kier alpha value is -3.03. The van der Waals surface area contributed by atoms with Gasteiger partial charge in [-0.15, -0.1) is 16.4 Å². The van der Waals surface area contributed by atoms with Crippen LogP contribution in [0.1, 0.15) is 36.2 Å². The molecule has 0 radical (unpaired) electrons. The molecule has 3 aromatic rings. The largest absolute Gasteiger partial charge is 0.492 e. The molecule has 2 aromatic heterocycles. The molecule has 36 heavy (non-hydrogen) atoms. The van der Waals surface area contributed by atoms with E-state index in [2.05, 4.69) is 32.4 Å². The number of carbonyl (C=O) groups is 1. The Balaban J connectivity index is 1.40. The van der Waals surface area contributed by atoms with E-state index >= 15 is 0 Å². The van der Waals surface area contributed by atoms with Gasteiger partial charge in [0.05, 0.1) is 18.1 Å². The van der Waals surface area contributed by atoms with Crippen LogP contribution >= 0.6 is 11.3 Å². The van der Waals surface area contributed by atoms with Gasteiger partial charge in [-0.3, -0.25) is 5.32 Å². The lowest BCUT2D eigenvalue weighted by Crippen LogP contribution is -2.46. The minimum atomic E-state index is -2.96. The summed E-state index contributed by atoms with van der Waals surface area (Å²) in [6.07, 6.45) is 0.754. The number of thiazole rings is 1. The number of rotatable bonds is 7. The van der Waals surface area contributed by atoms with E-state index in [1.165, 1.54) is 23.2 Å². The lowest BCUT2D eigenvalue weighted by molar-refractivity contribution is 0.158. The minimum Gasteiger partial charge on any atom is -0.492 e. The standard InChI is InChI=1S/C23H28N6O5S2/c1-13(2)29-20(25-22(27-29)26-23(30)31)21-24-19-16-5-4-14(10-17(16)34-8-6-18(19)35-21)15-11-28(12-15)7-9-36(3,32)33/h4-5,10,13,15H,6-9,11-12H2,1-3H3,(H,26,27)(H,30,31). The zero-order valence-corrected chi connectivity index (χ0v) is 21.9. The van der Waals surface area contributed by atoms with E-state index < -0.39 is 15.9 Å². The van der Waals surface area contributed by atoms with Crippen molar-refractivity contribution in [2.75, 3.05) is 43.6 Å². The smallest absolute Gasteiger partial charge is 0.411 e. The Morgan fingerprint density at radius 1 is 1.31 bits per heavy atom. The first-order valence-electron chi connectivity index (χ1n) is 11.7. The lowest BCUT2D eigenvalue weighted by Gasteiger charge is -2.39. The lowest BCUT2D eigenvalue weighted by atomic mass is 9.90. The monoisotopic (exact) mass is 532 g/mol. The molecule has 1 fully saturated rings. The highest BCUT2D eigenvalue weighted by molar-refractivity contribution is 7.90. The van der Waals surface area contributed by atoms with Gasteiger partial charge in [-0.2, -0.15) is 4.98 Å². The molecule has 2 N–H and O–H groups in total. The summed E-state index contributed by atoms with van der Waals surface area (Å²) in [5.74, 6) is 1.86. The fraction of sp³-hybridized carbons (Fsp3) is 0.478. The second-order valence-electron chi connectivity index (χ2n) is 9.46. The molecule has 13 heteroatoms. The first kappa shape index (κ1) is 24.7. The van der Waals surface area contributed by atoms with Crippen LogP contribution in [0.4, 0.5) is 10.7 Å². The summed E-state index contributed by atoms with van der Waals surface area (Å²) in [5, 5.41) is 16.2. The van der Waals surface area contributed by atoms with E-state index in [1.807, 2.05) is 19.9 Å². The number of aromatic nitrogens is 4. The molecule has 0 saturated carbocycles. The van der Waals surface area contributed by atoms with E-state index in [-0.39, 0.29) is 17.7 Å². The van der Waals surface area contributed by atoms with Crippen molar-refractivity contribution in [3.63, 3.8) is 0 Å². The topological polar surface area (TPSA) is 140 Å². The Morgan fingerprint density at radius 3 is 2.78 bits per heavy atom. The quantitative estimate of drug-likeness (QED) is 0.470. The number of amides is 1. The van der Waals surface area contributed by atoms with Gasteiger partial charge in [-0.1, -0.05) is 6.07 Å². The van der Waals surface area contributed by atoms with Gasteiger partial charge in [0, 0.05) is 54.7 Å². The van der Waals surface area contributed by atoms with Gasteiger partial charge in [0.2, 0.25) is 0 Å². The van der Waals surface area contributed by atoms with Crippen LogP contribution in [0.25, 0.3) is 22.1 Å². The van der Waals surface area contributed by atoms with Crippen molar-refractivity contribution in [2.45, 2.75) is 32.2 Å². The summed E-state index contributed by atoms with van der Waals surface area (Å²) in [6.45, 7) is 6.66. The molecule has 192 valence electrons. The molecule has 0 aliphatic carbocycles. The van der Waals surface area contributed by atoms with Gasteiger partial charge in [-0.25, -0.2) is 22.9 Å². The third-order valence-electron chi connectivity index (χ3n) is 6.28. The molecule has 11 nitrogen and oxygen atoms in total. The maximum Gasteiger partial charge on any atom is 0.411 e. The van der Waals surface area contributed by atoms with Crippen LogP contribution in [-0.4, -0.2) is 82.5 Å². The molecule has 1 saturated heterocycles. The SMILES string of the molecule is CC(C)n1nc(NC(=O)O)nc1-c1nc2c(s1)CCOc1cc(C3CN(CCS(C)(=O)=O)C3)ccc1-2. The molecule has 4 heterocycles. The molecule has 0 spiro atoms. The normalized spacial score (nSPS) is 16.1. The van der Waals surface area contributed by atoms with E-state index in [9.17, 15) is 13.2 Å². The van der Waals surface area contributed by atoms with E-state index in [1.54, 1.807) is 4.68 Å². The van der Waals surface area contributed by atoms with Crippen LogP contribution in [0.5, 0.6) is 5.75 Å². The van der Waals surface area contributed by atoms with Crippen molar-refractivity contribution in [2.24, 2.45) is 0 Å². The summed E-state index contributed by atoms with van der Waals surface area (Å²) in [4.78, 5) is 23.6. The first-order valence-corrected chi connectivity index (χ1v) is 14.6. The molecule has 1 aromatic carbocycles. The molecule has 1 amide bonds. The van der Waals surface area contributed by atoms with Crippen molar-refractivity contribution in [1.82, 2.24) is 24.6 Å². The van der Waals surface area contributed by atoms with E-state index in [0.29, 0.717) is 36.3 Å². The fourth-order valence-corrected chi connectivity index (χ4v) is 6.05. The summed E-state index contributed by atoms with van der Waals surface area (Å²) in [6, 6.07) is 6.19. The number of nitrogens with one attached hydrogen (secondary N) is 1. The van der Waals surface area contributed by atoms with Gasteiger partial charge < -0.3 is 14.7 Å². The highest BCUT2D eigenvalue weighted by atomic mass is 32.2. The van der Waals surface area contributed by atoms with Crippen LogP contribution in [0.2, 0.25) is 0 Å². The summed E-state index contributed by atoms with van der Waals surface area (Å²) >= 11 is 1.52. The van der Waals surface area contributed by atoms with Gasteiger partial charge >= 0.3 is 6.09 Å². The van der Waals surface area contributed by atoms with Crippen molar-refractivity contribution in [3.05, 3.63) is 28.6 Å². The highest BCUT2D eigenvalue weighted by Gasteiger charge is 2.30. The predicted molar refractivity (Wildman–Crippen MR) is 137 cm³/mol. The van der Waals surface area contributed by atoms with Gasteiger partial charge in [0.15, 0.2) is 10.8 Å². The highest BCUT2D eigenvalue weighted by Crippen LogP contribution is 2.42. The molecule has 2 aliphatic rings. The summed E-state index contributed by atoms with van der Waals surface area (Å²) in [5.41, 5.74) is 2.94. The average Bonchev–Trinajstić information content (AvgIpc) is 3.32. The number of nitrogens with zero attached hydrogens (tertiary/aromatic N) is 5. The number of carboxylic acid groups (broad SMARTS) is 1. The van der Waals surface area contributed by atoms with Crippen LogP contribution < -0.4 is 10.1 Å². The maximum atomic E-state index is 11.4. The molecular weight excluding hydrogens is 504 g/mol. The zero-order valence-electron chi connectivity index (χ0n) is 20.3. The van der Waals surface area contributed by atoms with Crippen LogP contribution in [0, 0.1) is 0 Å². The number of fused-ring (bicyclic) bond motifs is 3. The molecule has 0 unspecified atom stereocenters. The third-order valence-corrected chi connectivity index (χ3v) is 8.32. The Kier molecular flexibility index (Phi) is 6.47. The number of hydrogen-bond acceptors (Lipinski definition) is 9. The molecule has 0 bridgehead atoms. The van der Waals surface area contributed by atoms with Crippen LogP contribution in [0.3, 0.4) is 0 Å². The van der Waals surface area contributed by atoms with Crippen molar-refractivity contribution < 1.29 is 23.1 Å². The zero-order chi connectivity index (χ0) is 25.6. The van der Waals surface area contributed by atoms with Gasteiger partial charge in [0.25, 0.3) is 5.95 Å². The van der Waals surface area contributed by atoms with Crippen LogP contribution in [0.15, 0.2) is 18.2 Å². The van der Waals surface area contributed by atoms with Crippen molar-refractivity contribution in [1.29, 1.82) is 0 Å². The number of anilines is 1. The Morgan fingerprint density at radius 2 is 2.08 bits per heavy atom. The van der Waals surface area contributed by atoms with E-state index in [4.69, 9.17) is 14.8 Å². The van der Waals surface area contributed by atoms with E-state index in [0.717, 1.165) is 35.0 Å². The number of benzene rings is 1. The number of likely N-dealkylation sites (tertiary alicyclic amines) is 1. The number of sulfone groups is 1. The minimum absolute atomic E-state index is 0.0241. The van der Waals surface area contributed by atoms with Crippen molar-refractivity contribution >= 4 is 33.2 Å². The fourth-order valence-electron chi connectivity index (χ4n) is 4.42. The van der Waals surface area contributed by atoms with Crippen molar-refractivity contribution in [3.8, 4) is 27.8 Å². The molecule has 2 aliphatic heterocycles. The van der Waals surface area contributed by atoms with Gasteiger partial charge in [0.1, 0.15) is 15.6 Å². The van der Waals surface area contributed by atoms with Gasteiger partial charge in [-0.05, 0) is 31.5 Å².